The van der Waals surface area contributed by atoms with E-state index in [4.69, 9.17) is 37.0 Å². The minimum atomic E-state index is -4.98. The Kier molecular flexibility index (Phi) is 71.8. The molecule has 3 N–H and O–H groups in total. The zero-order chi connectivity index (χ0) is 74.6. The largest absolute Gasteiger partial charge is 0.472 e. The summed E-state index contributed by atoms with van der Waals surface area (Å²) in [5.74, 6) is -2.22. The number of unbranched alkanes of at least 4 members (excludes halogenated alkanes) is 31. The molecule has 0 aromatic rings. The lowest BCUT2D eigenvalue weighted by molar-refractivity contribution is -0.161. The highest BCUT2D eigenvalue weighted by molar-refractivity contribution is 7.47. The fraction of sp³-hybridized carbons (Fsp3) is 0.735. The number of aliphatic hydroxyl groups is 1. The SMILES string of the molecule is CC/C=C\C/C=C\C/C=C\C/C=C\CCCCCCC(=O)OCC(COP(=O)(O)OCC(O)COP(=O)(O)OCC(COC(=O)CCCCCC/C=C\C/C=C\C/C=C\C/C=C\CC)OC(=O)CCCCCCCCCCCCCCC)OC(=O)CCCCCCC/C=C\CCCCCCCC. The van der Waals surface area contributed by atoms with Crippen LogP contribution in [0.5, 0.6) is 0 Å². The average Bonchev–Trinajstić information content (AvgIpc) is 0.939. The Hall–Kier alpha value is -4.28. The van der Waals surface area contributed by atoms with Crippen LogP contribution >= 0.6 is 15.6 Å². The number of phosphoric acid groups is 2. The second-order valence-corrected chi connectivity index (χ2v) is 29.5. The fourth-order valence-corrected chi connectivity index (χ4v) is 12.2. The number of allylic oxidation sites excluding steroid dienone is 18. The molecule has 0 saturated heterocycles. The van der Waals surface area contributed by atoms with Crippen LogP contribution in [0.1, 0.15) is 336 Å². The highest BCUT2D eigenvalue weighted by atomic mass is 31.2. The van der Waals surface area contributed by atoms with Gasteiger partial charge in [0.1, 0.15) is 19.3 Å². The highest BCUT2D eigenvalue weighted by Crippen LogP contribution is 2.45. The molecule has 17 nitrogen and oxygen atoms in total. The van der Waals surface area contributed by atoms with Crippen LogP contribution in [0.4, 0.5) is 0 Å². The molecule has 0 aliphatic heterocycles. The molecule has 0 saturated carbocycles. The quantitative estimate of drug-likeness (QED) is 0.0169. The summed E-state index contributed by atoms with van der Waals surface area (Å²) in [4.78, 5) is 73.0. The van der Waals surface area contributed by atoms with Crippen LogP contribution < -0.4 is 0 Å². The Bertz CT molecular complexity index is 2360. The first-order valence-corrected chi connectivity index (χ1v) is 43.1. The van der Waals surface area contributed by atoms with Crippen molar-refractivity contribution in [1.82, 2.24) is 0 Å². The number of rotatable bonds is 75. The lowest BCUT2D eigenvalue weighted by atomic mass is 10.0. The summed E-state index contributed by atoms with van der Waals surface area (Å²) < 4.78 is 68.6. The molecular formula is C83H144O17P2. The van der Waals surface area contributed by atoms with Gasteiger partial charge in [0.05, 0.1) is 26.4 Å². The summed E-state index contributed by atoms with van der Waals surface area (Å²) in [6, 6.07) is 0. The normalized spacial score (nSPS) is 14.5. The predicted molar refractivity (Wildman–Crippen MR) is 418 cm³/mol. The van der Waals surface area contributed by atoms with E-state index in [1.54, 1.807) is 0 Å². The van der Waals surface area contributed by atoms with Crippen molar-refractivity contribution in [2.24, 2.45) is 0 Å². The molecule has 0 heterocycles. The molecule has 19 heteroatoms. The van der Waals surface area contributed by atoms with Crippen LogP contribution in [0.25, 0.3) is 0 Å². The molecule has 0 spiro atoms. The third-order valence-electron chi connectivity index (χ3n) is 16.7. The van der Waals surface area contributed by atoms with Gasteiger partial charge in [-0.1, -0.05) is 291 Å². The van der Waals surface area contributed by atoms with E-state index in [0.29, 0.717) is 25.7 Å². The van der Waals surface area contributed by atoms with Crippen LogP contribution in [0.2, 0.25) is 0 Å². The van der Waals surface area contributed by atoms with Crippen molar-refractivity contribution in [2.75, 3.05) is 39.6 Å². The van der Waals surface area contributed by atoms with Crippen molar-refractivity contribution in [3.05, 3.63) is 109 Å². The molecule has 102 heavy (non-hydrogen) atoms. The zero-order valence-electron chi connectivity index (χ0n) is 64.3. The van der Waals surface area contributed by atoms with Gasteiger partial charge in [0.25, 0.3) is 0 Å². The molecule has 0 radical (unpaired) electrons. The van der Waals surface area contributed by atoms with Crippen LogP contribution in [-0.2, 0) is 65.4 Å². The van der Waals surface area contributed by atoms with Crippen molar-refractivity contribution in [1.29, 1.82) is 0 Å². The van der Waals surface area contributed by atoms with Gasteiger partial charge in [-0.3, -0.25) is 37.3 Å². The van der Waals surface area contributed by atoms with E-state index in [1.165, 1.54) is 89.9 Å². The molecule has 0 rings (SSSR count). The first-order chi connectivity index (χ1) is 49.7. The molecule has 0 fully saturated rings. The number of hydrogen-bond donors (Lipinski definition) is 3. The predicted octanol–water partition coefficient (Wildman–Crippen LogP) is 23.3. The third-order valence-corrected chi connectivity index (χ3v) is 18.6. The molecule has 0 amide bonds. The van der Waals surface area contributed by atoms with E-state index in [2.05, 4.69) is 137 Å². The maximum Gasteiger partial charge on any atom is 0.472 e. The van der Waals surface area contributed by atoms with E-state index < -0.39 is 97.5 Å². The Morgan fingerprint density at radius 1 is 0.284 bits per heavy atom. The molecule has 0 aliphatic rings. The summed E-state index contributed by atoms with van der Waals surface area (Å²) in [7, 11) is -9.97. The Labute approximate surface area is 619 Å². The van der Waals surface area contributed by atoms with Gasteiger partial charge in [-0.25, -0.2) is 9.13 Å². The number of hydrogen-bond acceptors (Lipinski definition) is 15. The van der Waals surface area contributed by atoms with Crippen LogP contribution in [-0.4, -0.2) is 96.7 Å². The van der Waals surface area contributed by atoms with Crippen molar-refractivity contribution < 1.29 is 80.2 Å². The summed E-state index contributed by atoms with van der Waals surface area (Å²) in [5, 5.41) is 10.6. The second kappa shape index (κ2) is 75.0. The smallest absolute Gasteiger partial charge is 0.462 e. The lowest BCUT2D eigenvalue weighted by Crippen LogP contribution is -2.30. The molecule has 0 aromatic heterocycles. The van der Waals surface area contributed by atoms with Crippen LogP contribution in [0, 0.1) is 0 Å². The standard InChI is InChI=1S/C83H144O17P2/c1-5-9-13-17-21-25-29-33-36-38-41-44-47-51-55-59-63-67-80(85)93-73-78(99-82(87)69-65-61-57-53-49-43-32-28-24-20-16-12-8-4)75-97-101(89,90)95-71-77(84)72-96-102(91,92)98-76-79(100-83(88)70-66-62-58-54-50-46-40-35-31-27-23-19-15-11-7-3)74-94-81(86)68-64-60-56-52-48-45-42-39-37-34-30-26-22-18-14-10-6-2/h9-10,13-14,21-22,25-26,33-37,40-42,44-45,77-79,84H,5-8,11-12,15-20,23-24,27-32,38-39,43,46-76H2,1-4H3,(H,89,90)(H,91,92)/b13-9-,14-10-,25-21-,26-22-,36-33-,37-34-,40-35-,44-41-,45-42-. The number of carbonyl (C=O) groups excluding carboxylic acids is 4. The highest BCUT2D eigenvalue weighted by Gasteiger charge is 2.30. The van der Waals surface area contributed by atoms with Gasteiger partial charge in [-0.15, -0.1) is 0 Å². The van der Waals surface area contributed by atoms with E-state index in [1.807, 2.05) is 0 Å². The molecule has 5 atom stereocenters. The van der Waals surface area contributed by atoms with E-state index in [0.717, 1.165) is 167 Å². The number of carbonyl (C=O) groups is 4. The number of aliphatic hydroxyl groups excluding tert-OH is 1. The Morgan fingerprint density at radius 3 is 0.794 bits per heavy atom. The fourth-order valence-electron chi connectivity index (χ4n) is 10.7. The van der Waals surface area contributed by atoms with E-state index in [-0.39, 0.29) is 25.7 Å². The van der Waals surface area contributed by atoms with Crippen molar-refractivity contribution in [3.8, 4) is 0 Å². The first-order valence-electron chi connectivity index (χ1n) is 40.1. The summed E-state index contributed by atoms with van der Waals surface area (Å²) in [5.41, 5.74) is 0. The number of phosphoric ester groups is 2. The van der Waals surface area contributed by atoms with Crippen molar-refractivity contribution in [3.63, 3.8) is 0 Å². The van der Waals surface area contributed by atoms with Crippen LogP contribution in [0.15, 0.2) is 109 Å². The zero-order valence-corrected chi connectivity index (χ0v) is 66.0. The van der Waals surface area contributed by atoms with E-state index >= 15 is 0 Å². The van der Waals surface area contributed by atoms with E-state index in [9.17, 15) is 43.2 Å². The van der Waals surface area contributed by atoms with Gasteiger partial charge < -0.3 is 33.8 Å². The summed E-state index contributed by atoms with van der Waals surface area (Å²) >= 11 is 0. The second-order valence-electron chi connectivity index (χ2n) is 26.6. The number of ether oxygens (including phenoxy) is 4. The topological polar surface area (TPSA) is 237 Å². The van der Waals surface area contributed by atoms with Crippen molar-refractivity contribution >= 4 is 39.5 Å². The Balaban J connectivity index is 5.38. The molecule has 0 aliphatic carbocycles. The van der Waals surface area contributed by atoms with Gasteiger partial charge >= 0.3 is 39.5 Å². The molecule has 588 valence electrons. The van der Waals surface area contributed by atoms with Gasteiger partial charge in [0.15, 0.2) is 12.2 Å². The van der Waals surface area contributed by atoms with Gasteiger partial charge in [0, 0.05) is 25.7 Å². The first kappa shape index (κ1) is 97.7. The van der Waals surface area contributed by atoms with Gasteiger partial charge in [0.2, 0.25) is 0 Å². The van der Waals surface area contributed by atoms with Crippen LogP contribution in [0.3, 0.4) is 0 Å². The van der Waals surface area contributed by atoms with Gasteiger partial charge in [-0.05, 0) is 128 Å². The van der Waals surface area contributed by atoms with Gasteiger partial charge in [-0.2, -0.15) is 0 Å². The molecule has 0 bridgehead atoms. The lowest BCUT2D eigenvalue weighted by Gasteiger charge is -2.21. The Morgan fingerprint density at radius 2 is 0.510 bits per heavy atom. The maximum absolute atomic E-state index is 13.1. The molecule has 5 unspecified atom stereocenters. The monoisotopic (exact) mass is 1470 g/mol. The van der Waals surface area contributed by atoms with Crippen molar-refractivity contribution in [2.45, 2.75) is 354 Å². The minimum absolute atomic E-state index is 0.0789. The molecule has 0 aromatic carbocycles. The summed E-state index contributed by atoms with van der Waals surface area (Å²) in [6.45, 7) is 4.62. The third kappa shape index (κ3) is 74.0. The minimum Gasteiger partial charge on any atom is -0.462 e. The molecular weight excluding hydrogens is 1330 g/mol. The maximum atomic E-state index is 13.1. The average molecular weight is 1480 g/mol. The number of esters is 4. The summed E-state index contributed by atoms with van der Waals surface area (Å²) in [6.07, 6.45) is 80.6.